The highest BCUT2D eigenvalue weighted by molar-refractivity contribution is 7.80. The zero-order chi connectivity index (χ0) is 16.3. The van der Waals surface area contributed by atoms with E-state index in [9.17, 15) is 4.79 Å². The molecule has 1 amide bonds. The van der Waals surface area contributed by atoms with E-state index in [0.717, 1.165) is 11.3 Å². The first-order chi connectivity index (χ1) is 10.4. The van der Waals surface area contributed by atoms with Crippen molar-refractivity contribution in [3.05, 3.63) is 62.6 Å². The van der Waals surface area contributed by atoms with Crippen LogP contribution in [0.2, 0.25) is 15.1 Å². The second-order valence-corrected chi connectivity index (χ2v) is 6.17. The second kappa shape index (κ2) is 7.29. The van der Waals surface area contributed by atoms with Crippen molar-refractivity contribution in [1.29, 1.82) is 0 Å². The van der Waals surface area contributed by atoms with Crippen LogP contribution in [0, 0.1) is 6.92 Å². The lowest BCUT2D eigenvalue weighted by molar-refractivity contribution is 0.0977. The quantitative estimate of drug-likeness (QED) is 0.721. The average molecular weight is 374 g/mol. The van der Waals surface area contributed by atoms with Gasteiger partial charge in [0.2, 0.25) is 0 Å². The highest BCUT2D eigenvalue weighted by Gasteiger charge is 2.11. The molecule has 22 heavy (non-hydrogen) atoms. The van der Waals surface area contributed by atoms with Crippen LogP contribution in [-0.2, 0) is 0 Å². The van der Waals surface area contributed by atoms with Crippen LogP contribution < -0.4 is 10.6 Å². The topological polar surface area (TPSA) is 41.1 Å². The Morgan fingerprint density at radius 2 is 1.73 bits per heavy atom. The van der Waals surface area contributed by atoms with Crippen molar-refractivity contribution in [1.82, 2.24) is 5.32 Å². The molecule has 7 heteroatoms. The summed E-state index contributed by atoms with van der Waals surface area (Å²) in [5.74, 6) is -0.401. The van der Waals surface area contributed by atoms with E-state index in [2.05, 4.69) is 10.6 Å². The number of nitrogens with one attached hydrogen (secondary N) is 2. The largest absolute Gasteiger partial charge is 0.332 e. The minimum absolute atomic E-state index is 0.159. The molecule has 0 aliphatic heterocycles. The van der Waals surface area contributed by atoms with E-state index in [1.54, 1.807) is 18.2 Å². The third-order valence-corrected chi connectivity index (χ3v) is 3.92. The molecule has 0 saturated carbocycles. The van der Waals surface area contributed by atoms with Crippen LogP contribution in [0.25, 0.3) is 0 Å². The lowest BCUT2D eigenvalue weighted by Crippen LogP contribution is -2.34. The molecule has 3 nitrogen and oxygen atoms in total. The molecule has 0 aliphatic rings. The first-order valence-electron chi connectivity index (χ1n) is 6.20. The maximum absolute atomic E-state index is 12.1. The summed E-state index contributed by atoms with van der Waals surface area (Å²) >= 11 is 22.9. The van der Waals surface area contributed by atoms with Gasteiger partial charge in [-0.1, -0.05) is 40.9 Å². The van der Waals surface area contributed by atoms with Crippen LogP contribution in [0.4, 0.5) is 5.69 Å². The molecule has 114 valence electrons. The summed E-state index contributed by atoms with van der Waals surface area (Å²) in [6.45, 7) is 1.85. The van der Waals surface area contributed by atoms with Crippen molar-refractivity contribution in [3.8, 4) is 0 Å². The van der Waals surface area contributed by atoms with Crippen molar-refractivity contribution >= 4 is 63.7 Å². The summed E-state index contributed by atoms with van der Waals surface area (Å²) in [4.78, 5) is 12.1. The number of amides is 1. The van der Waals surface area contributed by atoms with Crippen molar-refractivity contribution in [2.45, 2.75) is 6.92 Å². The monoisotopic (exact) mass is 372 g/mol. The Hall–Kier alpha value is -1.33. The third kappa shape index (κ3) is 4.34. The van der Waals surface area contributed by atoms with E-state index in [0.29, 0.717) is 20.6 Å². The zero-order valence-electron chi connectivity index (χ0n) is 11.4. The maximum atomic E-state index is 12.1. The SMILES string of the molecule is Cc1c(Cl)cccc1NC(=S)NC(=O)c1cc(Cl)cc(Cl)c1. The molecule has 0 fully saturated rings. The molecular weight excluding hydrogens is 363 g/mol. The summed E-state index contributed by atoms with van der Waals surface area (Å²) in [6, 6.07) is 9.95. The Morgan fingerprint density at radius 3 is 2.36 bits per heavy atom. The molecule has 0 bridgehead atoms. The molecule has 2 N–H and O–H groups in total. The van der Waals surface area contributed by atoms with Crippen LogP contribution in [0.3, 0.4) is 0 Å². The summed E-state index contributed by atoms with van der Waals surface area (Å²) < 4.78 is 0. The van der Waals surface area contributed by atoms with Crippen LogP contribution in [-0.4, -0.2) is 11.0 Å². The number of thiocarbonyl (C=S) groups is 1. The number of benzene rings is 2. The van der Waals surface area contributed by atoms with Gasteiger partial charge in [-0.2, -0.15) is 0 Å². The van der Waals surface area contributed by atoms with Crippen LogP contribution in [0.1, 0.15) is 15.9 Å². The van der Waals surface area contributed by atoms with Crippen LogP contribution in [0.5, 0.6) is 0 Å². The molecule has 0 saturated heterocycles. The van der Waals surface area contributed by atoms with Crippen LogP contribution >= 0.6 is 47.0 Å². The summed E-state index contributed by atoms with van der Waals surface area (Å²) in [5, 5.41) is 7.02. The molecule has 0 spiro atoms. The van der Waals surface area contributed by atoms with Gasteiger partial charge in [-0.25, -0.2) is 0 Å². The van der Waals surface area contributed by atoms with E-state index in [1.165, 1.54) is 12.1 Å². The predicted molar refractivity (Wildman–Crippen MR) is 96.3 cm³/mol. The standard InChI is InChI=1S/C15H11Cl3N2OS/c1-8-12(18)3-2-4-13(8)19-15(22)20-14(21)9-5-10(16)7-11(17)6-9/h2-7H,1H3,(H2,19,20,21,22). The van der Waals surface area contributed by atoms with E-state index in [1.807, 2.05) is 13.0 Å². The van der Waals surface area contributed by atoms with Gasteiger partial charge in [-0.3, -0.25) is 10.1 Å². The maximum Gasteiger partial charge on any atom is 0.257 e. The normalized spacial score (nSPS) is 10.2. The molecular formula is C15H11Cl3N2OS. The van der Waals surface area contributed by atoms with Crippen molar-refractivity contribution < 1.29 is 4.79 Å². The third-order valence-electron chi connectivity index (χ3n) is 2.87. The molecule has 0 aromatic heterocycles. The van der Waals surface area contributed by atoms with E-state index in [4.69, 9.17) is 47.0 Å². The summed E-state index contributed by atoms with van der Waals surface area (Å²) in [6.07, 6.45) is 0. The molecule has 0 unspecified atom stereocenters. The molecule has 2 aromatic carbocycles. The van der Waals surface area contributed by atoms with Crippen molar-refractivity contribution in [3.63, 3.8) is 0 Å². The van der Waals surface area contributed by atoms with E-state index >= 15 is 0 Å². The van der Waals surface area contributed by atoms with Crippen molar-refractivity contribution in [2.24, 2.45) is 0 Å². The fourth-order valence-corrected chi connectivity index (χ4v) is 2.66. The van der Waals surface area contributed by atoms with Crippen LogP contribution in [0.15, 0.2) is 36.4 Å². The Bertz CT molecular complexity index is 729. The average Bonchev–Trinajstić information content (AvgIpc) is 2.42. The summed E-state index contributed by atoms with van der Waals surface area (Å²) in [7, 11) is 0. The van der Waals surface area contributed by atoms with Gasteiger partial charge in [0.05, 0.1) is 0 Å². The van der Waals surface area contributed by atoms with E-state index < -0.39 is 5.91 Å². The molecule has 0 radical (unpaired) electrons. The number of carbonyl (C=O) groups excluding carboxylic acids is 1. The second-order valence-electron chi connectivity index (χ2n) is 4.48. The number of hydrogen-bond donors (Lipinski definition) is 2. The van der Waals surface area contributed by atoms with Gasteiger partial charge in [0, 0.05) is 26.3 Å². The lowest BCUT2D eigenvalue weighted by Gasteiger charge is -2.12. The minimum Gasteiger partial charge on any atom is -0.332 e. The smallest absolute Gasteiger partial charge is 0.257 e. The van der Waals surface area contributed by atoms with Gasteiger partial charge in [-0.15, -0.1) is 0 Å². The fraction of sp³-hybridized carbons (Fsp3) is 0.0667. The Balaban J connectivity index is 2.08. The zero-order valence-corrected chi connectivity index (χ0v) is 14.5. The number of anilines is 1. The molecule has 2 rings (SSSR count). The Morgan fingerprint density at radius 1 is 1.09 bits per heavy atom. The number of carbonyl (C=O) groups is 1. The summed E-state index contributed by atoms with van der Waals surface area (Å²) in [5.41, 5.74) is 1.89. The van der Waals surface area contributed by atoms with Gasteiger partial charge >= 0.3 is 0 Å². The number of halogens is 3. The number of hydrogen-bond acceptors (Lipinski definition) is 2. The Kier molecular flexibility index (Phi) is 5.64. The van der Waals surface area contributed by atoms with E-state index in [-0.39, 0.29) is 5.11 Å². The molecule has 0 atom stereocenters. The van der Waals surface area contributed by atoms with Gasteiger partial charge in [0.25, 0.3) is 5.91 Å². The predicted octanol–water partition coefficient (Wildman–Crippen LogP) is 5.08. The Labute approximate surface area is 148 Å². The molecule has 0 heterocycles. The van der Waals surface area contributed by atoms with Gasteiger partial charge in [-0.05, 0) is 55.0 Å². The molecule has 0 aliphatic carbocycles. The van der Waals surface area contributed by atoms with Gasteiger partial charge in [0.15, 0.2) is 5.11 Å². The first-order valence-corrected chi connectivity index (χ1v) is 7.74. The minimum atomic E-state index is -0.401. The number of rotatable bonds is 2. The lowest BCUT2D eigenvalue weighted by atomic mass is 10.2. The first kappa shape index (κ1) is 17.0. The fourth-order valence-electron chi connectivity index (χ4n) is 1.76. The van der Waals surface area contributed by atoms with Gasteiger partial charge in [0.1, 0.15) is 0 Å². The highest BCUT2D eigenvalue weighted by Crippen LogP contribution is 2.23. The molecule has 2 aromatic rings. The highest BCUT2D eigenvalue weighted by atomic mass is 35.5. The van der Waals surface area contributed by atoms with Gasteiger partial charge < -0.3 is 5.32 Å². The van der Waals surface area contributed by atoms with Crippen molar-refractivity contribution in [2.75, 3.05) is 5.32 Å².